The summed E-state index contributed by atoms with van der Waals surface area (Å²) in [7, 11) is 0. The molecule has 2 rings (SSSR count). The van der Waals surface area contributed by atoms with Crippen LogP contribution in [0.5, 0.6) is 5.75 Å². The Morgan fingerprint density at radius 3 is 2.36 bits per heavy atom. The summed E-state index contributed by atoms with van der Waals surface area (Å²) in [4.78, 5) is 12.2. The second-order valence-electron chi connectivity index (χ2n) is 5.81. The molecule has 0 saturated heterocycles. The molecule has 0 spiro atoms. The van der Waals surface area contributed by atoms with Crippen molar-refractivity contribution in [3.63, 3.8) is 0 Å². The number of carbonyl (C=O) groups is 1. The van der Waals surface area contributed by atoms with Gasteiger partial charge in [-0.1, -0.05) is 44.2 Å². The van der Waals surface area contributed by atoms with Crippen molar-refractivity contribution < 1.29 is 9.53 Å². The Balaban J connectivity index is 2.10. The molecule has 0 aliphatic heterocycles. The van der Waals surface area contributed by atoms with Gasteiger partial charge in [0.25, 0.3) is 5.91 Å². The van der Waals surface area contributed by atoms with Gasteiger partial charge in [-0.2, -0.15) is 0 Å². The van der Waals surface area contributed by atoms with E-state index in [4.69, 9.17) is 4.74 Å². The summed E-state index contributed by atoms with van der Waals surface area (Å²) < 4.78 is 5.91. The number of hydrogen-bond donors (Lipinski definition) is 1. The van der Waals surface area contributed by atoms with Gasteiger partial charge in [0, 0.05) is 5.69 Å². The number of carbonyl (C=O) groups excluding carboxylic acids is 1. The molecule has 0 heterocycles. The summed E-state index contributed by atoms with van der Waals surface area (Å²) in [5.74, 6) is 0.980. The van der Waals surface area contributed by atoms with E-state index >= 15 is 0 Å². The average Bonchev–Trinajstić information content (AvgIpc) is 2.48. The predicted molar refractivity (Wildman–Crippen MR) is 90.4 cm³/mol. The highest BCUT2D eigenvalue weighted by Crippen LogP contribution is 2.28. The first-order chi connectivity index (χ1) is 10.5. The van der Waals surface area contributed by atoms with Crippen LogP contribution in [-0.4, -0.2) is 12.0 Å². The first kappa shape index (κ1) is 16.1. The van der Waals surface area contributed by atoms with E-state index in [0.29, 0.717) is 5.92 Å². The van der Waals surface area contributed by atoms with Crippen LogP contribution in [0.15, 0.2) is 48.5 Å². The van der Waals surface area contributed by atoms with Crippen molar-refractivity contribution in [1.82, 2.24) is 0 Å². The van der Waals surface area contributed by atoms with Crippen molar-refractivity contribution in [3.8, 4) is 5.75 Å². The fourth-order valence-electron chi connectivity index (χ4n) is 2.23. The molecular weight excluding hydrogens is 274 g/mol. The first-order valence-electron chi connectivity index (χ1n) is 7.60. The SMILES string of the molecule is Cc1ccc(C(C)C)c(OC(C)C(=O)Nc2ccccc2)c1. The van der Waals surface area contributed by atoms with E-state index in [-0.39, 0.29) is 5.91 Å². The highest BCUT2D eigenvalue weighted by atomic mass is 16.5. The van der Waals surface area contributed by atoms with Crippen LogP contribution in [0.25, 0.3) is 0 Å². The topological polar surface area (TPSA) is 38.3 Å². The Morgan fingerprint density at radius 1 is 1.05 bits per heavy atom. The summed E-state index contributed by atoms with van der Waals surface area (Å²) in [6, 6.07) is 15.5. The zero-order valence-corrected chi connectivity index (χ0v) is 13.6. The third-order valence-electron chi connectivity index (χ3n) is 3.51. The van der Waals surface area contributed by atoms with Crippen molar-refractivity contribution in [2.45, 2.75) is 39.7 Å². The van der Waals surface area contributed by atoms with Crippen LogP contribution < -0.4 is 10.1 Å². The second-order valence-corrected chi connectivity index (χ2v) is 5.81. The van der Waals surface area contributed by atoms with Gasteiger partial charge in [-0.25, -0.2) is 0 Å². The third-order valence-corrected chi connectivity index (χ3v) is 3.51. The smallest absolute Gasteiger partial charge is 0.265 e. The predicted octanol–water partition coefficient (Wildman–Crippen LogP) is 4.52. The van der Waals surface area contributed by atoms with Gasteiger partial charge in [-0.3, -0.25) is 4.79 Å². The van der Waals surface area contributed by atoms with E-state index in [1.165, 1.54) is 0 Å². The molecule has 0 radical (unpaired) electrons. The van der Waals surface area contributed by atoms with Crippen molar-refractivity contribution in [3.05, 3.63) is 59.7 Å². The number of benzene rings is 2. The van der Waals surface area contributed by atoms with Crippen LogP contribution in [0, 0.1) is 6.92 Å². The summed E-state index contributed by atoms with van der Waals surface area (Å²) in [6.07, 6.45) is -0.556. The van der Waals surface area contributed by atoms with E-state index in [2.05, 4.69) is 31.3 Å². The van der Waals surface area contributed by atoms with Crippen LogP contribution in [-0.2, 0) is 4.79 Å². The summed E-state index contributed by atoms with van der Waals surface area (Å²) in [6.45, 7) is 8.02. The lowest BCUT2D eigenvalue weighted by Crippen LogP contribution is -2.30. The number of para-hydroxylation sites is 1. The van der Waals surface area contributed by atoms with Crippen LogP contribution >= 0.6 is 0 Å². The van der Waals surface area contributed by atoms with Crippen molar-refractivity contribution in [2.75, 3.05) is 5.32 Å². The van der Waals surface area contributed by atoms with Gasteiger partial charge in [0.1, 0.15) is 5.75 Å². The minimum atomic E-state index is -0.556. The van der Waals surface area contributed by atoms with E-state index in [0.717, 1.165) is 22.6 Å². The maximum atomic E-state index is 12.2. The Labute approximate surface area is 132 Å². The van der Waals surface area contributed by atoms with Crippen molar-refractivity contribution in [1.29, 1.82) is 0 Å². The van der Waals surface area contributed by atoms with Gasteiger partial charge in [0.15, 0.2) is 6.10 Å². The molecule has 0 aromatic heterocycles. The molecule has 2 aromatic carbocycles. The zero-order valence-electron chi connectivity index (χ0n) is 13.6. The summed E-state index contributed by atoms with van der Waals surface area (Å²) in [5.41, 5.74) is 3.01. The minimum absolute atomic E-state index is 0.151. The Bertz CT molecular complexity index is 635. The number of anilines is 1. The van der Waals surface area contributed by atoms with Gasteiger partial charge >= 0.3 is 0 Å². The highest BCUT2D eigenvalue weighted by Gasteiger charge is 2.17. The van der Waals surface area contributed by atoms with Gasteiger partial charge in [0.05, 0.1) is 0 Å². The first-order valence-corrected chi connectivity index (χ1v) is 7.60. The monoisotopic (exact) mass is 297 g/mol. The molecule has 0 aliphatic rings. The summed E-state index contributed by atoms with van der Waals surface area (Å²) in [5, 5.41) is 2.86. The summed E-state index contributed by atoms with van der Waals surface area (Å²) >= 11 is 0. The molecule has 3 heteroatoms. The number of amides is 1. The van der Waals surface area contributed by atoms with Crippen LogP contribution in [0.1, 0.15) is 37.8 Å². The lowest BCUT2D eigenvalue weighted by Gasteiger charge is -2.19. The number of ether oxygens (including phenoxy) is 1. The number of hydrogen-bond acceptors (Lipinski definition) is 2. The second kappa shape index (κ2) is 7.12. The van der Waals surface area contributed by atoms with Crippen LogP contribution in [0.4, 0.5) is 5.69 Å². The van der Waals surface area contributed by atoms with E-state index in [1.807, 2.05) is 43.3 Å². The molecule has 0 bridgehead atoms. The fraction of sp³-hybridized carbons (Fsp3) is 0.316. The standard InChI is InChI=1S/C19H23NO2/c1-13(2)17-11-10-14(3)12-18(17)22-15(4)19(21)20-16-8-6-5-7-9-16/h5-13,15H,1-4H3,(H,20,21). The van der Waals surface area contributed by atoms with Gasteiger partial charge < -0.3 is 10.1 Å². The van der Waals surface area contributed by atoms with Crippen molar-refractivity contribution in [2.24, 2.45) is 0 Å². The van der Waals surface area contributed by atoms with Crippen LogP contribution in [0.3, 0.4) is 0 Å². The molecule has 116 valence electrons. The largest absolute Gasteiger partial charge is 0.481 e. The zero-order chi connectivity index (χ0) is 16.1. The quantitative estimate of drug-likeness (QED) is 0.881. The number of aryl methyl sites for hydroxylation is 1. The van der Waals surface area contributed by atoms with Crippen molar-refractivity contribution >= 4 is 11.6 Å². The lowest BCUT2D eigenvalue weighted by atomic mass is 10.0. The molecule has 1 unspecified atom stereocenters. The molecule has 0 saturated carbocycles. The molecule has 2 aromatic rings. The Kier molecular flexibility index (Phi) is 5.21. The Morgan fingerprint density at radius 2 is 1.73 bits per heavy atom. The fourth-order valence-corrected chi connectivity index (χ4v) is 2.23. The molecule has 1 N–H and O–H groups in total. The maximum absolute atomic E-state index is 12.2. The molecule has 1 atom stereocenters. The average molecular weight is 297 g/mol. The minimum Gasteiger partial charge on any atom is -0.481 e. The molecule has 0 aliphatic carbocycles. The number of nitrogens with one attached hydrogen (secondary N) is 1. The number of rotatable bonds is 5. The van der Waals surface area contributed by atoms with E-state index in [9.17, 15) is 4.79 Å². The van der Waals surface area contributed by atoms with Gasteiger partial charge in [-0.05, 0) is 49.1 Å². The maximum Gasteiger partial charge on any atom is 0.265 e. The van der Waals surface area contributed by atoms with E-state index in [1.54, 1.807) is 6.92 Å². The molecule has 0 fully saturated rings. The molecular formula is C19H23NO2. The highest BCUT2D eigenvalue weighted by molar-refractivity contribution is 5.94. The van der Waals surface area contributed by atoms with E-state index < -0.39 is 6.10 Å². The normalized spacial score (nSPS) is 12.0. The molecule has 22 heavy (non-hydrogen) atoms. The molecule has 3 nitrogen and oxygen atoms in total. The molecule has 1 amide bonds. The van der Waals surface area contributed by atoms with Crippen LogP contribution in [0.2, 0.25) is 0 Å². The van der Waals surface area contributed by atoms with Gasteiger partial charge in [-0.15, -0.1) is 0 Å². The van der Waals surface area contributed by atoms with Gasteiger partial charge in [0.2, 0.25) is 0 Å². The Hall–Kier alpha value is -2.29. The lowest BCUT2D eigenvalue weighted by molar-refractivity contribution is -0.122. The third kappa shape index (κ3) is 4.10.